The lowest BCUT2D eigenvalue weighted by atomic mass is 10.00. The van der Waals surface area contributed by atoms with Crippen molar-refractivity contribution in [3.8, 4) is 0 Å². The molecule has 1 rings (SSSR count). The predicted molar refractivity (Wildman–Crippen MR) is 87.8 cm³/mol. The summed E-state index contributed by atoms with van der Waals surface area (Å²) in [4.78, 5) is 14.5. The van der Waals surface area contributed by atoms with Gasteiger partial charge in [-0.05, 0) is 31.0 Å². The normalized spacial score (nSPS) is 13.6. The van der Waals surface area contributed by atoms with Gasteiger partial charge in [0.25, 0.3) is 0 Å². The summed E-state index contributed by atoms with van der Waals surface area (Å²) in [5.41, 5.74) is 6.72. The predicted octanol–water partition coefficient (Wildman–Crippen LogP) is 3.56. The summed E-state index contributed by atoms with van der Waals surface area (Å²) in [6.45, 7) is 3.99. The van der Waals surface area contributed by atoms with Gasteiger partial charge < -0.3 is 10.6 Å². The van der Waals surface area contributed by atoms with Gasteiger partial charge in [-0.25, -0.2) is 0 Å². The first-order valence-corrected chi connectivity index (χ1v) is 7.48. The number of amides is 1. The van der Waals surface area contributed by atoms with Crippen molar-refractivity contribution >= 4 is 34.7 Å². The fraction of sp³-hybridized carbons (Fsp3) is 0.467. The van der Waals surface area contributed by atoms with Gasteiger partial charge in [-0.3, -0.25) is 4.79 Å². The third-order valence-corrected chi connectivity index (χ3v) is 4.04. The summed E-state index contributed by atoms with van der Waals surface area (Å²) < 4.78 is 0. The first-order chi connectivity index (χ1) is 9.38. The van der Waals surface area contributed by atoms with E-state index in [-0.39, 0.29) is 22.9 Å². The topological polar surface area (TPSA) is 46.3 Å². The van der Waals surface area contributed by atoms with Gasteiger partial charge in [0.1, 0.15) is 0 Å². The molecule has 0 fully saturated rings. The van der Waals surface area contributed by atoms with Gasteiger partial charge in [0.05, 0.1) is 16.9 Å². The lowest BCUT2D eigenvalue weighted by Gasteiger charge is -2.29. The van der Waals surface area contributed by atoms with E-state index in [0.29, 0.717) is 11.4 Å². The number of benzene rings is 1. The Hall–Kier alpha value is -1.13. The van der Waals surface area contributed by atoms with Crippen molar-refractivity contribution in [2.75, 3.05) is 7.05 Å². The van der Waals surface area contributed by atoms with E-state index in [0.717, 1.165) is 12.0 Å². The zero-order chi connectivity index (χ0) is 15.3. The summed E-state index contributed by atoms with van der Waals surface area (Å²) in [5, 5.41) is 0.682. The van der Waals surface area contributed by atoms with E-state index < -0.39 is 0 Å². The Labute approximate surface area is 131 Å². The van der Waals surface area contributed by atoms with Gasteiger partial charge in [-0.2, -0.15) is 0 Å². The average molecular weight is 313 g/mol. The van der Waals surface area contributed by atoms with Crippen molar-refractivity contribution in [2.24, 2.45) is 11.7 Å². The maximum absolute atomic E-state index is 12.5. The van der Waals surface area contributed by atoms with Crippen LogP contribution in [-0.2, 0) is 4.79 Å². The molecule has 0 aliphatic carbocycles. The number of halogens is 1. The molecule has 2 unspecified atom stereocenters. The number of thiocarbonyl (C=S) groups is 1. The summed E-state index contributed by atoms with van der Waals surface area (Å²) in [7, 11) is 1.78. The highest BCUT2D eigenvalue weighted by Gasteiger charge is 2.27. The molecular weight excluding hydrogens is 292 g/mol. The summed E-state index contributed by atoms with van der Waals surface area (Å²) in [6, 6.07) is 7.44. The van der Waals surface area contributed by atoms with Gasteiger partial charge in [0.2, 0.25) is 5.91 Å². The minimum Gasteiger partial charge on any atom is -0.393 e. The number of rotatable bonds is 6. The fourth-order valence-electron chi connectivity index (χ4n) is 2.08. The highest BCUT2D eigenvalue weighted by atomic mass is 35.5. The third kappa shape index (κ3) is 4.18. The molecule has 0 heterocycles. The van der Waals surface area contributed by atoms with Crippen LogP contribution in [0.5, 0.6) is 0 Å². The second kappa shape index (κ2) is 7.60. The van der Waals surface area contributed by atoms with Crippen LogP contribution in [0.25, 0.3) is 0 Å². The van der Waals surface area contributed by atoms with Crippen LogP contribution in [0.2, 0.25) is 5.02 Å². The zero-order valence-corrected chi connectivity index (χ0v) is 13.7. The number of carbonyl (C=O) groups excluding carboxylic acids is 1. The number of hydrogen-bond acceptors (Lipinski definition) is 2. The maximum Gasteiger partial charge on any atom is 0.232 e. The first-order valence-electron chi connectivity index (χ1n) is 6.70. The van der Waals surface area contributed by atoms with E-state index in [4.69, 9.17) is 29.6 Å². The zero-order valence-electron chi connectivity index (χ0n) is 12.1. The van der Waals surface area contributed by atoms with Crippen molar-refractivity contribution in [1.82, 2.24) is 4.90 Å². The van der Waals surface area contributed by atoms with Crippen LogP contribution in [0.3, 0.4) is 0 Å². The average Bonchev–Trinajstić information content (AvgIpc) is 2.43. The molecular formula is C15H21ClN2OS. The molecule has 2 atom stereocenters. The van der Waals surface area contributed by atoms with E-state index in [1.165, 1.54) is 0 Å². The summed E-state index contributed by atoms with van der Waals surface area (Å²) in [6.07, 6.45) is 1.56. The molecule has 0 saturated heterocycles. The highest BCUT2D eigenvalue weighted by molar-refractivity contribution is 7.80. The Kier molecular flexibility index (Phi) is 6.43. The largest absolute Gasteiger partial charge is 0.393 e. The molecule has 2 N–H and O–H groups in total. The second-order valence-electron chi connectivity index (χ2n) is 4.92. The monoisotopic (exact) mass is 312 g/mol. The molecule has 0 aliphatic rings. The molecule has 20 heavy (non-hydrogen) atoms. The van der Waals surface area contributed by atoms with E-state index in [2.05, 4.69) is 0 Å². The Morgan fingerprint density at radius 1 is 1.40 bits per heavy atom. The van der Waals surface area contributed by atoms with Gasteiger partial charge >= 0.3 is 0 Å². The van der Waals surface area contributed by atoms with Crippen LogP contribution in [0.1, 0.15) is 38.3 Å². The summed E-state index contributed by atoms with van der Waals surface area (Å²) in [5.74, 6) is -0.406. The molecule has 3 nitrogen and oxygen atoms in total. The lowest BCUT2D eigenvalue weighted by molar-refractivity contribution is -0.134. The van der Waals surface area contributed by atoms with Crippen molar-refractivity contribution < 1.29 is 4.79 Å². The molecule has 5 heteroatoms. The fourth-order valence-corrected chi connectivity index (χ4v) is 2.42. The van der Waals surface area contributed by atoms with E-state index in [9.17, 15) is 4.79 Å². The molecule has 1 aromatic rings. The molecule has 110 valence electrons. The van der Waals surface area contributed by atoms with Gasteiger partial charge in [0, 0.05) is 12.1 Å². The second-order valence-corrected chi connectivity index (χ2v) is 5.83. The number of nitrogens with zero attached hydrogens (tertiary/aromatic N) is 1. The SMILES string of the molecule is CCCC(C(=O)N(C)C(C)c1ccc(Cl)cc1)C(N)=S. The minimum absolute atomic E-state index is 0.0261. The van der Waals surface area contributed by atoms with Crippen LogP contribution < -0.4 is 5.73 Å². The Bertz CT molecular complexity index is 475. The maximum atomic E-state index is 12.5. The molecule has 0 aromatic heterocycles. The van der Waals surface area contributed by atoms with Gasteiger partial charge in [-0.15, -0.1) is 0 Å². The number of nitrogens with two attached hydrogens (primary N) is 1. The number of hydrogen-bond donors (Lipinski definition) is 1. The van der Waals surface area contributed by atoms with Crippen LogP contribution in [0, 0.1) is 5.92 Å². The minimum atomic E-state index is -0.380. The molecule has 1 aromatic carbocycles. The van der Waals surface area contributed by atoms with Crippen molar-refractivity contribution in [3.05, 3.63) is 34.9 Å². The molecule has 0 bridgehead atoms. The standard InChI is InChI=1S/C15H21ClN2OS/c1-4-5-13(14(17)20)15(19)18(3)10(2)11-6-8-12(16)9-7-11/h6-10,13H,4-5H2,1-3H3,(H2,17,20). The van der Waals surface area contributed by atoms with Crippen LogP contribution in [0.15, 0.2) is 24.3 Å². The van der Waals surface area contributed by atoms with Crippen molar-refractivity contribution in [3.63, 3.8) is 0 Å². The first kappa shape index (κ1) is 16.9. The van der Waals surface area contributed by atoms with E-state index >= 15 is 0 Å². The van der Waals surface area contributed by atoms with Crippen molar-refractivity contribution in [1.29, 1.82) is 0 Å². The van der Waals surface area contributed by atoms with E-state index in [1.807, 2.05) is 38.1 Å². The Morgan fingerprint density at radius 2 is 1.95 bits per heavy atom. The molecule has 0 spiro atoms. The quantitative estimate of drug-likeness (QED) is 0.817. The molecule has 0 radical (unpaired) electrons. The van der Waals surface area contributed by atoms with Crippen LogP contribution >= 0.6 is 23.8 Å². The van der Waals surface area contributed by atoms with E-state index in [1.54, 1.807) is 11.9 Å². The smallest absolute Gasteiger partial charge is 0.232 e. The lowest BCUT2D eigenvalue weighted by Crippen LogP contribution is -2.40. The van der Waals surface area contributed by atoms with Gasteiger partial charge in [0.15, 0.2) is 0 Å². The molecule has 0 saturated carbocycles. The highest BCUT2D eigenvalue weighted by Crippen LogP contribution is 2.23. The Balaban J connectivity index is 2.86. The molecule has 1 amide bonds. The van der Waals surface area contributed by atoms with Crippen LogP contribution in [-0.4, -0.2) is 22.8 Å². The third-order valence-electron chi connectivity index (χ3n) is 3.50. The Morgan fingerprint density at radius 3 is 2.40 bits per heavy atom. The molecule has 0 aliphatic heterocycles. The van der Waals surface area contributed by atoms with Crippen molar-refractivity contribution in [2.45, 2.75) is 32.7 Å². The van der Waals surface area contributed by atoms with Gasteiger partial charge in [-0.1, -0.05) is 49.3 Å². The number of carbonyl (C=O) groups is 1. The van der Waals surface area contributed by atoms with Crippen LogP contribution in [0.4, 0.5) is 0 Å². The summed E-state index contributed by atoms with van der Waals surface area (Å²) >= 11 is 10.9.